The Kier molecular flexibility index (Phi) is 4.39. The fourth-order valence-corrected chi connectivity index (χ4v) is 2.36. The summed E-state index contributed by atoms with van der Waals surface area (Å²) in [7, 11) is 0. The summed E-state index contributed by atoms with van der Waals surface area (Å²) in [5, 5.41) is 3.66. The standard InChI is InChI=1S/C18H23N/c1-13-8-10-17(11-9-13)15(3)19-16(4)18-7-5-6-14(2)12-18/h5-12,15-16,19H,1-4H3/t15-,16?/m0/s1. The average molecular weight is 253 g/mol. The molecule has 1 nitrogen and oxygen atoms in total. The molecule has 0 fully saturated rings. The minimum absolute atomic E-state index is 0.358. The molecule has 0 bridgehead atoms. The van der Waals surface area contributed by atoms with Crippen LogP contribution in [0.4, 0.5) is 0 Å². The van der Waals surface area contributed by atoms with Crippen LogP contribution in [0, 0.1) is 13.8 Å². The molecule has 2 aromatic rings. The molecular formula is C18H23N. The van der Waals surface area contributed by atoms with Gasteiger partial charge in [-0.3, -0.25) is 0 Å². The third-order valence-corrected chi connectivity index (χ3v) is 3.62. The number of rotatable bonds is 4. The molecule has 2 atom stereocenters. The summed E-state index contributed by atoms with van der Waals surface area (Å²) in [4.78, 5) is 0. The predicted octanol–water partition coefficient (Wildman–Crippen LogP) is 4.72. The Morgan fingerprint density at radius 1 is 0.737 bits per heavy atom. The Labute approximate surface area is 116 Å². The molecule has 2 aromatic carbocycles. The van der Waals surface area contributed by atoms with Crippen LogP contribution < -0.4 is 5.32 Å². The van der Waals surface area contributed by atoms with Crippen LogP contribution in [0.2, 0.25) is 0 Å². The molecular weight excluding hydrogens is 230 g/mol. The van der Waals surface area contributed by atoms with E-state index >= 15 is 0 Å². The maximum absolute atomic E-state index is 3.66. The van der Waals surface area contributed by atoms with Crippen LogP contribution in [0.25, 0.3) is 0 Å². The second-order valence-electron chi connectivity index (χ2n) is 5.43. The van der Waals surface area contributed by atoms with Gasteiger partial charge in [-0.05, 0) is 38.8 Å². The van der Waals surface area contributed by atoms with Crippen molar-refractivity contribution in [3.05, 3.63) is 70.8 Å². The predicted molar refractivity (Wildman–Crippen MR) is 82.3 cm³/mol. The van der Waals surface area contributed by atoms with Crippen molar-refractivity contribution < 1.29 is 0 Å². The van der Waals surface area contributed by atoms with Crippen LogP contribution in [-0.4, -0.2) is 0 Å². The minimum Gasteiger partial charge on any atom is -0.304 e. The lowest BCUT2D eigenvalue weighted by Crippen LogP contribution is -2.22. The Balaban J connectivity index is 2.06. The Morgan fingerprint density at radius 2 is 1.37 bits per heavy atom. The molecule has 100 valence electrons. The number of hydrogen-bond donors (Lipinski definition) is 1. The Bertz CT molecular complexity index is 528. The minimum atomic E-state index is 0.358. The molecule has 0 saturated heterocycles. The fourth-order valence-electron chi connectivity index (χ4n) is 2.36. The summed E-state index contributed by atoms with van der Waals surface area (Å²) in [5.74, 6) is 0. The quantitative estimate of drug-likeness (QED) is 0.831. The third-order valence-electron chi connectivity index (χ3n) is 3.62. The number of hydrogen-bond acceptors (Lipinski definition) is 1. The highest BCUT2D eigenvalue weighted by Crippen LogP contribution is 2.20. The van der Waals surface area contributed by atoms with E-state index in [1.165, 1.54) is 22.3 Å². The van der Waals surface area contributed by atoms with Crippen molar-refractivity contribution in [2.45, 2.75) is 39.8 Å². The van der Waals surface area contributed by atoms with E-state index in [0.29, 0.717) is 12.1 Å². The monoisotopic (exact) mass is 253 g/mol. The van der Waals surface area contributed by atoms with Crippen molar-refractivity contribution in [1.82, 2.24) is 5.32 Å². The Morgan fingerprint density at radius 3 is 2.00 bits per heavy atom. The summed E-state index contributed by atoms with van der Waals surface area (Å²) in [6.07, 6.45) is 0. The maximum Gasteiger partial charge on any atom is 0.0297 e. The average Bonchev–Trinajstić information content (AvgIpc) is 2.39. The van der Waals surface area contributed by atoms with Crippen LogP contribution in [-0.2, 0) is 0 Å². The lowest BCUT2D eigenvalue weighted by atomic mass is 10.0. The van der Waals surface area contributed by atoms with Gasteiger partial charge in [0.15, 0.2) is 0 Å². The van der Waals surface area contributed by atoms with Crippen molar-refractivity contribution in [1.29, 1.82) is 0 Å². The van der Waals surface area contributed by atoms with Gasteiger partial charge in [0.05, 0.1) is 0 Å². The molecule has 0 spiro atoms. The largest absolute Gasteiger partial charge is 0.304 e. The molecule has 1 heteroatoms. The topological polar surface area (TPSA) is 12.0 Å². The van der Waals surface area contributed by atoms with E-state index in [4.69, 9.17) is 0 Å². The first-order chi connectivity index (χ1) is 9.06. The lowest BCUT2D eigenvalue weighted by molar-refractivity contribution is 0.494. The first kappa shape index (κ1) is 13.8. The van der Waals surface area contributed by atoms with Crippen molar-refractivity contribution >= 4 is 0 Å². The van der Waals surface area contributed by atoms with Gasteiger partial charge in [-0.2, -0.15) is 0 Å². The van der Waals surface area contributed by atoms with Crippen molar-refractivity contribution in [3.63, 3.8) is 0 Å². The van der Waals surface area contributed by atoms with Crippen LogP contribution in [0.5, 0.6) is 0 Å². The van der Waals surface area contributed by atoms with Gasteiger partial charge in [-0.25, -0.2) is 0 Å². The molecule has 0 amide bonds. The van der Waals surface area contributed by atoms with Gasteiger partial charge in [-0.15, -0.1) is 0 Å². The van der Waals surface area contributed by atoms with Crippen LogP contribution in [0.1, 0.15) is 48.2 Å². The summed E-state index contributed by atoms with van der Waals surface area (Å²) in [6.45, 7) is 8.70. The first-order valence-corrected chi connectivity index (χ1v) is 6.95. The van der Waals surface area contributed by atoms with E-state index in [9.17, 15) is 0 Å². The van der Waals surface area contributed by atoms with Gasteiger partial charge in [-0.1, -0.05) is 59.7 Å². The molecule has 0 saturated carbocycles. The van der Waals surface area contributed by atoms with Crippen LogP contribution >= 0.6 is 0 Å². The zero-order valence-electron chi connectivity index (χ0n) is 12.3. The Hall–Kier alpha value is -1.60. The number of nitrogens with one attached hydrogen (secondary N) is 1. The van der Waals surface area contributed by atoms with E-state index < -0.39 is 0 Å². The molecule has 1 N–H and O–H groups in total. The van der Waals surface area contributed by atoms with Crippen LogP contribution in [0.3, 0.4) is 0 Å². The SMILES string of the molecule is Cc1ccc([C@H](C)NC(C)c2cccc(C)c2)cc1. The van der Waals surface area contributed by atoms with E-state index in [2.05, 4.69) is 81.5 Å². The highest BCUT2D eigenvalue weighted by Gasteiger charge is 2.10. The molecule has 0 aliphatic carbocycles. The van der Waals surface area contributed by atoms with E-state index in [-0.39, 0.29) is 0 Å². The summed E-state index contributed by atoms with van der Waals surface area (Å²) >= 11 is 0. The van der Waals surface area contributed by atoms with Crippen molar-refractivity contribution in [2.24, 2.45) is 0 Å². The van der Waals surface area contributed by atoms with E-state index in [0.717, 1.165) is 0 Å². The van der Waals surface area contributed by atoms with Gasteiger partial charge < -0.3 is 5.32 Å². The van der Waals surface area contributed by atoms with Gasteiger partial charge in [0.2, 0.25) is 0 Å². The third kappa shape index (κ3) is 3.68. The van der Waals surface area contributed by atoms with Crippen LogP contribution in [0.15, 0.2) is 48.5 Å². The maximum atomic E-state index is 3.66. The first-order valence-electron chi connectivity index (χ1n) is 6.95. The summed E-state index contributed by atoms with van der Waals surface area (Å²) in [5.41, 5.74) is 5.31. The molecule has 0 aromatic heterocycles. The second kappa shape index (κ2) is 6.03. The molecule has 1 unspecified atom stereocenters. The summed E-state index contributed by atoms with van der Waals surface area (Å²) < 4.78 is 0. The van der Waals surface area contributed by atoms with Gasteiger partial charge in [0, 0.05) is 12.1 Å². The zero-order valence-corrected chi connectivity index (χ0v) is 12.3. The van der Waals surface area contributed by atoms with E-state index in [1.807, 2.05) is 0 Å². The second-order valence-corrected chi connectivity index (χ2v) is 5.43. The highest BCUT2D eigenvalue weighted by atomic mass is 14.9. The highest BCUT2D eigenvalue weighted by molar-refractivity contribution is 5.27. The van der Waals surface area contributed by atoms with Gasteiger partial charge in [0.1, 0.15) is 0 Å². The molecule has 0 aliphatic rings. The smallest absolute Gasteiger partial charge is 0.0297 e. The molecule has 0 radical (unpaired) electrons. The molecule has 19 heavy (non-hydrogen) atoms. The normalized spacial score (nSPS) is 14.1. The summed E-state index contributed by atoms with van der Waals surface area (Å²) in [6, 6.07) is 18.2. The van der Waals surface area contributed by atoms with Gasteiger partial charge in [0.25, 0.3) is 0 Å². The fraction of sp³-hybridized carbons (Fsp3) is 0.333. The molecule has 2 rings (SSSR count). The van der Waals surface area contributed by atoms with E-state index in [1.54, 1.807) is 0 Å². The number of benzene rings is 2. The van der Waals surface area contributed by atoms with Crippen molar-refractivity contribution in [2.75, 3.05) is 0 Å². The zero-order chi connectivity index (χ0) is 13.8. The molecule has 0 aliphatic heterocycles. The van der Waals surface area contributed by atoms with Gasteiger partial charge >= 0.3 is 0 Å². The lowest BCUT2D eigenvalue weighted by Gasteiger charge is -2.21. The molecule has 0 heterocycles. The van der Waals surface area contributed by atoms with Crippen molar-refractivity contribution in [3.8, 4) is 0 Å². The number of aryl methyl sites for hydroxylation is 2.